The van der Waals surface area contributed by atoms with Gasteiger partial charge in [0.2, 0.25) is 0 Å². The molecular weight excluding hydrogens is 229 g/mol. The first-order valence-corrected chi connectivity index (χ1v) is 5.65. The third-order valence-electron chi connectivity index (χ3n) is 2.78. The fourth-order valence-corrected chi connectivity index (χ4v) is 1.90. The summed E-state index contributed by atoms with van der Waals surface area (Å²) in [6.45, 7) is 3.51. The van der Waals surface area contributed by atoms with Gasteiger partial charge in [-0.25, -0.2) is 4.39 Å². The van der Waals surface area contributed by atoms with Gasteiger partial charge in [-0.2, -0.15) is 0 Å². The van der Waals surface area contributed by atoms with E-state index >= 15 is 0 Å². The van der Waals surface area contributed by atoms with Gasteiger partial charge in [0.05, 0.1) is 0 Å². The van der Waals surface area contributed by atoms with Crippen LogP contribution in [-0.4, -0.2) is 5.78 Å². The highest BCUT2D eigenvalue weighted by molar-refractivity contribution is 6.09. The first kappa shape index (κ1) is 12.3. The Morgan fingerprint density at radius 1 is 1.06 bits per heavy atom. The molecule has 0 fully saturated rings. The summed E-state index contributed by atoms with van der Waals surface area (Å²) in [4.78, 5) is 12.2. The molecule has 0 heterocycles. The highest BCUT2D eigenvalue weighted by atomic mass is 19.1. The summed E-state index contributed by atoms with van der Waals surface area (Å²) in [5.74, 6) is -0.455. The molecular formula is C15H14FNO. The highest BCUT2D eigenvalue weighted by Gasteiger charge is 2.11. The lowest BCUT2D eigenvalue weighted by Gasteiger charge is -2.05. The van der Waals surface area contributed by atoms with E-state index in [1.165, 1.54) is 12.1 Å². The number of hydrogen-bond donors (Lipinski definition) is 1. The molecule has 2 nitrogen and oxygen atoms in total. The number of anilines is 1. The lowest BCUT2D eigenvalue weighted by Crippen LogP contribution is -2.03. The summed E-state index contributed by atoms with van der Waals surface area (Å²) in [5, 5.41) is 0. The standard InChI is InChI=1S/C15H14FNO/c1-9-5-12(8-13(17)6-9)15(18)11-3-4-14(16)10(2)7-11/h3-8H,17H2,1-2H3. The lowest BCUT2D eigenvalue weighted by molar-refractivity contribution is 0.103. The zero-order chi connectivity index (χ0) is 13.3. The van der Waals surface area contributed by atoms with E-state index in [1.807, 2.05) is 6.92 Å². The molecule has 2 aromatic carbocycles. The molecule has 0 saturated carbocycles. The molecule has 0 spiro atoms. The van der Waals surface area contributed by atoms with Gasteiger partial charge in [-0.05, 0) is 61.4 Å². The third-order valence-corrected chi connectivity index (χ3v) is 2.78. The van der Waals surface area contributed by atoms with Crippen molar-refractivity contribution in [1.82, 2.24) is 0 Å². The maximum absolute atomic E-state index is 13.2. The summed E-state index contributed by atoms with van der Waals surface area (Å²) in [6.07, 6.45) is 0. The summed E-state index contributed by atoms with van der Waals surface area (Å²) in [5.41, 5.74) is 8.66. The summed E-state index contributed by atoms with van der Waals surface area (Å²) < 4.78 is 13.2. The minimum Gasteiger partial charge on any atom is -0.399 e. The quantitative estimate of drug-likeness (QED) is 0.650. The van der Waals surface area contributed by atoms with Crippen molar-refractivity contribution in [1.29, 1.82) is 0 Å². The van der Waals surface area contributed by atoms with Crippen molar-refractivity contribution in [2.75, 3.05) is 5.73 Å². The minimum atomic E-state index is -0.310. The molecule has 0 atom stereocenters. The number of halogens is 1. The van der Waals surface area contributed by atoms with E-state index in [9.17, 15) is 9.18 Å². The van der Waals surface area contributed by atoms with E-state index in [1.54, 1.807) is 31.2 Å². The molecule has 3 heteroatoms. The Morgan fingerprint density at radius 3 is 2.39 bits per heavy atom. The SMILES string of the molecule is Cc1cc(N)cc(C(=O)c2ccc(F)c(C)c2)c1. The van der Waals surface area contributed by atoms with Crippen LogP contribution >= 0.6 is 0 Å². The molecule has 0 bridgehead atoms. The Hall–Kier alpha value is -2.16. The van der Waals surface area contributed by atoms with Crippen molar-refractivity contribution in [3.63, 3.8) is 0 Å². The zero-order valence-corrected chi connectivity index (χ0v) is 10.3. The molecule has 2 aromatic rings. The molecule has 0 amide bonds. The van der Waals surface area contributed by atoms with E-state index in [2.05, 4.69) is 0 Å². The number of rotatable bonds is 2. The summed E-state index contributed by atoms with van der Waals surface area (Å²) in [6, 6.07) is 9.55. The van der Waals surface area contributed by atoms with Crippen LogP contribution in [0.15, 0.2) is 36.4 Å². The van der Waals surface area contributed by atoms with Gasteiger partial charge < -0.3 is 5.73 Å². The van der Waals surface area contributed by atoms with Gasteiger partial charge >= 0.3 is 0 Å². The van der Waals surface area contributed by atoms with Crippen LogP contribution in [0, 0.1) is 19.7 Å². The number of ketones is 1. The Kier molecular flexibility index (Phi) is 3.15. The second-order valence-electron chi connectivity index (χ2n) is 4.43. The molecule has 2 rings (SSSR count). The molecule has 92 valence electrons. The van der Waals surface area contributed by atoms with Gasteiger partial charge in [0.15, 0.2) is 5.78 Å². The van der Waals surface area contributed by atoms with Crippen LogP contribution in [0.5, 0.6) is 0 Å². The second-order valence-corrected chi connectivity index (χ2v) is 4.43. The topological polar surface area (TPSA) is 43.1 Å². The van der Waals surface area contributed by atoms with Gasteiger partial charge in [-0.15, -0.1) is 0 Å². The van der Waals surface area contributed by atoms with Crippen molar-refractivity contribution in [2.45, 2.75) is 13.8 Å². The average Bonchev–Trinajstić information content (AvgIpc) is 2.30. The van der Waals surface area contributed by atoms with Crippen molar-refractivity contribution >= 4 is 11.5 Å². The maximum Gasteiger partial charge on any atom is 0.193 e. The van der Waals surface area contributed by atoms with Crippen LogP contribution in [-0.2, 0) is 0 Å². The molecule has 0 aromatic heterocycles. The number of aryl methyl sites for hydroxylation is 2. The molecule has 0 saturated heterocycles. The van der Waals surface area contributed by atoms with Crippen molar-refractivity contribution in [3.05, 3.63) is 64.5 Å². The number of benzene rings is 2. The Labute approximate surface area is 105 Å². The predicted octanol–water partition coefficient (Wildman–Crippen LogP) is 3.26. The minimum absolute atomic E-state index is 0.145. The molecule has 0 aliphatic carbocycles. The number of carbonyl (C=O) groups excluding carboxylic acids is 1. The maximum atomic E-state index is 13.2. The fraction of sp³-hybridized carbons (Fsp3) is 0.133. The van der Waals surface area contributed by atoms with Crippen LogP contribution in [0.1, 0.15) is 27.0 Å². The van der Waals surface area contributed by atoms with E-state index in [0.717, 1.165) is 5.56 Å². The van der Waals surface area contributed by atoms with Crippen LogP contribution in [0.2, 0.25) is 0 Å². The van der Waals surface area contributed by atoms with E-state index < -0.39 is 0 Å². The van der Waals surface area contributed by atoms with Gasteiger partial charge in [-0.1, -0.05) is 0 Å². The number of carbonyl (C=O) groups is 1. The summed E-state index contributed by atoms with van der Waals surface area (Å²) >= 11 is 0. The van der Waals surface area contributed by atoms with Crippen molar-refractivity contribution in [3.8, 4) is 0 Å². The van der Waals surface area contributed by atoms with Crippen LogP contribution in [0.3, 0.4) is 0 Å². The van der Waals surface area contributed by atoms with Crippen LogP contribution in [0.25, 0.3) is 0 Å². The van der Waals surface area contributed by atoms with Crippen LogP contribution < -0.4 is 5.73 Å². The Morgan fingerprint density at radius 2 is 1.78 bits per heavy atom. The fourth-order valence-electron chi connectivity index (χ4n) is 1.90. The highest BCUT2D eigenvalue weighted by Crippen LogP contribution is 2.17. The smallest absolute Gasteiger partial charge is 0.193 e. The van der Waals surface area contributed by atoms with Gasteiger partial charge in [-0.3, -0.25) is 4.79 Å². The normalized spacial score (nSPS) is 10.4. The molecule has 2 N–H and O–H groups in total. The largest absolute Gasteiger partial charge is 0.399 e. The third kappa shape index (κ3) is 2.40. The van der Waals surface area contributed by atoms with Crippen molar-refractivity contribution < 1.29 is 9.18 Å². The monoisotopic (exact) mass is 243 g/mol. The zero-order valence-electron chi connectivity index (χ0n) is 10.3. The van der Waals surface area contributed by atoms with Gasteiger partial charge in [0.25, 0.3) is 0 Å². The van der Waals surface area contributed by atoms with E-state index in [0.29, 0.717) is 22.4 Å². The average molecular weight is 243 g/mol. The van der Waals surface area contributed by atoms with Gasteiger partial charge in [0, 0.05) is 16.8 Å². The predicted molar refractivity (Wildman–Crippen MR) is 70.2 cm³/mol. The molecule has 18 heavy (non-hydrogen) atoms. The Bertz CT molecular complexity index is 600. The first-order valence-electron chi connectivity index (χ1n) is 5.65. The molecule has 0 aliphatic heterocycles. The summed E-state index contributed by atoms with van der Waals surface area (Å²) in [7, 11) is 0. The Balaban J connectivity index is 2.44. The molecule has 0 aliphatic rings. The van der Waals surface area contributed by atoms with E-state index in [4.69, 9.17) is 5.73 Å². The van der Waals surface area contributed by atoms with Gasteiger partial charge in [0.1, 0.15) is 5.82 Å². The van der Waals surface area contributed by atoms with Crippen LogP contribution in [0.4, 0.5) is 10.1 Å². The number of nitrogen functional groups attached to an aromatic ring is 1. The van der Waals surface area contributed by atoms with E-state index in [-0.39, 0.29) is 11.6 Å². The lowest BCUT2D eigenvalue weighted by atomic mass is 9.99. The molecule has 0 radical (unpaired) electrons. The molecule has 0 unspecified atom stereocenters. The number of hydrogen-bond acceptors (Lipinski definition) is 2. The first-order chi connectivity index (χ1) is 8.47. The van der Waals surface area contributed by atoms with Crippen molar-refractivity contribution in [2.24, 2.45) is 0 Å². The number of nitrogens with two attached hydrogens (primary N) is 1. The second kappa shape index (κ2) is 4.61.